The quantitative estimate of drug-likeness (QED) is 0.382. The molecule has 1 aliphatic heterocycles. The topological polar surface area (TPSA) is 71.1 Å². The van der Waals surface area contributed by atoms with E-state index in [-0.39, 0.29) is 5.92 Å². The monoisotopic (exact) mass is 341 g/mol. The van der Waals surface area contributed by atoms with Crippen LogP contribution in [0.15, 0.2) is 27.8 Å². The molecule has 0 amide bonds. The first-order valence-corrected chi connectivity index (χ1v) is 7.45. The normalized spacial score (nSPS) is 20.9. The second-order valence-electron chi connectivity index (χ2n) is 5.07. The van der Waals surface area contributed by atoms with E-state index in [1.807, 2.05) is 6.07 Å². The summed E-state index contributed by atoms with van der Waals surface area (Å²) < 4.78 is 6.19. The van der Waals surface area contributed by atoms with E-state index in [2.05, 4.69) is 38.1 Å². The van der Waals surface area contributed by atoms with Crippen LogP contribution < -0.4 is 10.5 Å². The van der Waals surface area contributed by atoms with Crippen LogP contribution in [0.25, 0.3) is 0 Å². The number of methoxy groups -OCH3 is 1. The van der Waals surface area contributed by atoms with Gasteiger partial charge in [0.05, 0.1) is 11.6 Å². The van der Waals surface area contributed by atoms with Gasteiger partial charge in [-0.05, 0) is 53.0 Å². The Labute approximate surface area is 127 Å². The van der Waals surface area contributed by atoms with Crippen LogP contribution in [0.4, 0.5) is 0 Å². The van der Waals surface area contributed by atoms with Gasteiger partial charge in [0.1, 0.15) is 11.6 Å². The Kier molecular flexibility index (Phi) is 5.25. The highest BCUT2D eigenvalue weighted by molar-refractivity contribution is 9.10. The lowest BCUT2D eigenvalue weighted by Crippen LogP contribution is -2.40. The summed E-state index contributed by atoms with van der Waals surface area (Å²) in [6, 6.07) is 6.10. The van der Waals surface area contributed by atoms with Crippen LogP contribution in [0.2, 0.25) is 0 Å². The summed E-state index contributed by atoms with van der Waals surface area (Å²) in [5.74, 6) is 1.32. The molecule has 1 atom stereocenters. The maximum atomic E-state index is 8.78. The van der Waals surface area contributed by atoms with Crippen molar-refractivity contribution in [3.63, 3.8) is 0 Å². The van der Waals surface area contributed by atoms with Crippen LogP contribution in [-0.4, -0.2) is 36.1 Å². The smallest absolute Gasteiger partial charge is 0.143 e. The number of likely N-dealkylation sites (tertiary alicyclic amines) is 1. The molecule has 1 aliphatic rings. The number of nitrogens with two attached hydrogens (primary N) is 1. The average molecular weight is 342 g/mol. The fourth-order valence-electron chi connectivity index (χ4n) is 2.59. The van der Waals surface area contributed by atoms with Gasteiger partial charge in [0.15, 0.2) is 0 Å². The van der Waals surface area contributed by atoms with Gasteiger partial charge in [0, 0.05) is 19.0 Å². The highest BCUT2D eigenvalue weighted by Crippen LogP contribution is 2.27. The molecule has 5 nitrogen and oxygen atoms in total. The minimum atomic E-state index is 0.149. The third kappa shape index (κ3) is 3.64. The van der Waals surface area contributed by atoms with Crippen molar-refractivity contribution in [1.29, 1.82) is 0 Å². The molecule has 0 aliphatic carbocycles. The minimum Gasteiger partial charge on any atom is -0.496 e. The summed E-state index contributed by atoms with van der Waals surface area (Å²) in [4.78, 5) is 2.33. The fraction of sp³-hybridized carbons (Fsp3) is 0.500. The zero-order chi connectivity index (χ0) is 14.5. The Morgan fingerprint density at radius 2 is 2.40 bits per heavy atom. The maximum Gasteiger partial charge on any atom is 0.143 e. The summed E-state index contributed by atoms with van der Waals surface area (Å²) >= 11 is 3.50. The Morgan fingerprint density at radius 1 is 1.60 bits per heavy atom. The minimum absolute atomic E-state index is 0.149. The second kappa shape index (κ2) is 6.95. The highest BCUT2D eigenvalue weighted by Gasteiger charge is 2.23. The summed E-state index contributed by atoms with van der Waals surface area (Å²) in [6.07, 6.45) is 2.05. The average Bonchev–Trinajstić information content (AvgIpc) is 2.47. The van der Waals surface area contributed by atoms with Crippen LogP contribution >= 0.6 is 15.9 Å². The lowest BCUT2D eigenvalue weighted by Gasteiger charge is -2.32. The molecule has 0 radical (unpaired) electrons. The van der Waals surface area contributed by atoms with Crippen LogP contribution in [0, 0.1) is 5.92 Å². The molecule has 20 heavy (non-hydrogen) atoms. The number of oxime groups is 1. The molecule has 110 valence electrons. The van der Waals surface area contributed by atoms with Crippen molar-refractivity contribution in [1.82, 2.24) is 4.90 Å². The summed E-state index contributed by atoms with van der Waals surface area (Å²) in [7, 11) is 1.66. The standard InChI is InChI=1S/C14H20BrN3O2/c1-20-13-5-4-10(7-12(13)15)8-18-6-2-3-11(9-18)14(16)17-19/h4-5,7,11,19H,2-3,6,8-9H2,1H3,(H2,16,17). The number of benzene rings is 1. The molecule has 1 aromatic carbocycles. The van der Waals surface area contributed by atoms with E-state index in [0.717, 1.165) is 42.7 Å². The van der Waals surface area contributed by atoms with Crippen molar-refractivity contribution in [2.75, 3.05) is 20.2 Å². The zero-order valence-electron chi connectivity index (χ0n) is 11.6. The Bertz CT molecular complexity index is 493. The molecule has 0 bridgehead atoms. The maximum absolute atomic E-state index is 8.78. The van der Waals surface area contributed by atoms with Crippen LogP contribution in [0.1, 0.15) is 18.4 Å². The summed E-state index contributed by atoms with van der Waals surface area (Å²) in [5.41, 5.74) is 6.93. The Balaban J connectivity index is 2.01. The van der Waals surface area contributed by atoms with Gasteiger partial charge in [-0.2, -0.15) is 0 Å². The van der Waals surface area contributed by atoms with Crippen molar-refractivity contribution >= 4 is 21.8 Å². The van der Waals surface area contributed by atoms with Crippen LogP contribution in [0.5, 0.6) is 5.75 Å². The van der Waals surface area contributed by atoms with Gasteiger partial charge in [-0.15, -0.1) is 0 Å². The van der Waals surface area contributed by atoms with E-state index in [0.29, 0.717) is 5.84 Å². The number of amidine groups is 1. The molecular formula is C14H20BrN3O2. The molecule has 2 rings (SSSR count). The molecular weight excluding hydrogens is 322 g/mol. The van der Waals surface area contributed by atoms with Crippen molar-refractivity contribution in [2.45, 2.75) is 19.4 Å². The predicted molar refractivity (Wildman–Crippen MR) is 82.1 cm³/mol. The van der Waals surface area contributed by atoms with E-state index in [1.165, 1.54) is 5.56 Å². The van der Waals surface area contributed by atoms with E-state index < -0.39 is 0 Å². The van der Waals surface area contributed by atoms with Crippen molar-refractivity contribution in [2.24, 2.45) is 16.8 Å². The largest absolute Gasteiger partial charge is 0.496 e. The molecule has 1 unspecified atom stereocenters. The van der Waals surface area contributed by atoms with Gasteiger partial charge < -0.3 is 15.7 Å². The first kappa shape index (κ1) is 15.1. The molecule has 1 fully saturated rings. The Hall–Kier alpha value is -1.27. The number of piperidine rings is 1. The van der Waals surface area contributed by atoms with Crippen LogP contribution in [-0.2, 0) is 6.54 Å². The number of nitrogens with zero attached hydrogens (tertiary/aromatic N) is 2. The lowest BCUT2D eigenvalue weighted by molar-refractivity contribution is 0.193. The van der Waals surface area contributed by atoms with E-state index in [4.69, 9.17) is 15.7 Å². The number of ether oxygens (including phenoxy) is 1. The predicted octanol–water partition coefficient (Wildman–Crippen LogP) is 2.42. The molecule has 1 heterocycles. The van der Waals surface area contributed by atoms with Crippen molar-refractivity contribution < 1.29 is 9.94 Å². The van der Waals surface area contributed by atoms with Crippen molar-refractivity contribution in [3.8, 4) is 5.75 Å². The lowest BCUT2D eigenvalue weighted by atomic mass is 9.96. The number of rotatable bonds is 4. The fourth-order valence-corrected chi connectivity index (χ4v) is 3.18. The molecule has 0 aromatic heterocycles. The molecule has 0 saturated carbocycles. The summed E-state index contributed by atoms with van der Waals surface area (Å²) in [6.45, 7) is 2.73. The molecule has 6 heteroatoms. The zero-order valence-corrected chi connectivity index (χ0v) is 13.1. The van der Waals surface area contributed by atoms with E-state index in [1.54, 1.807) is 7.11 Å². The third-order valence-electron chi connectivity index (χ3n) is 3.66. The van der Waals surface area contributed by atoms with Gasteiger partial charge in [0.25, 0.3) is 0 Å². The summed E-state index contributed by atoms with van der Waals surface area (Å²) in [5, 5.41) is 11.9. The SMILES string of the molecule is COc1ccc(CN2CCCC(C(N)=NO)C2)cc1Br. The van der Waals surface area contributed by atoms with Crippen molar-refractivity contribution in [3.05, 3.63) is 28.2 Å². The molecule has 1 saturated heterocycles. The van der Waals surface area contributed by atoms with Gasteiger partial charge in [0.2, 0.25) is 0 Å². The second-order valence-corrected chi connectivity index (χ2v) is 5.92. The molecule has 1 aromatic rings. The van der Waals surface area contributed by atoms with E-state index >= 15 is 0 Å². The van der Waals surface area contributed by atoms with Crippen LogP contribution in [0.3, 0.4) is 0 Å². The van der Waals surface area contributed by atoms with Gasteiger partial charge in [-0.25, -0.2) is 0 Å². The van der Waals surface area contributed by atoms with E-state index in [9.17, 15) is 0 Å². The first-order valence-electron chi connectivity index (χ1n) is 6.66. The van der Waals surface area contributed by atoms with Gasteiger partial charge in [-0.1, -0.05) is 11.2 Å². The number of hydrogen-bond acceptors (Lipinski definition) is 4. The number of halogens is 1. The van der Waals surface area contributed by atoms with Gasteiger partial charge in [-0.3, -0.25) is 4.90 Å². The molecule has 0 spiro atoms. The Morgan fingerprint density at radius 3 is 3.05 bits per heavy atom. The number of hydrogen-bond donors (Lipinski definition) is 2. The first-order chi connectivity index (χ1) is 9.63. The molecule has 3 N–H and O–H groups in total. The third-order valence-corrected chi connectivity index (χ3v) is 4.28. The highest BCUT2D eigenvalue weighted by atomic mass is 79.9. The van der Waals surface area contributed by atoms with Gasteiger partial charge >= 0.3 is 0 Å².